The summed E-state index contributed by atoms with van der Waals surface area (Å²) >= 11 is 1.42. The second kappa shape index (κ2) is 12.1. The fourth-order valence-electron chi connectivity index (χ4n) is 2.33. The van der Waals surface area contributed by atoms with Crippen LogP contribution in [0.5, 0.6) is 5.75 Å². The van der Waals surface area contributed by atoms with E-state index in [1.807, 2.05) is 30.3 Å². The maximum atomic E-state index is 13.8. The summed E-state index contributed by atoms with van der Waals surface area (Å²) in [6, 6.07) is 14.6. The van der Waals surface area contributed by atoms with Crippen molar-refractivity contribution in [3.63, 3.8) is 0 Å². The molecule has 0 atom stereocenters. The molecule has 0 radical (unpaired) electrons. The van der Waals surface area contributed by atoms with E-state index in [-0.39, 0.29) is 11.6 Å². The van der Waals surface area contributed by atoms with Gasteiger partial charge in [0.1, 0.15) is 0 Å². The van der Waals surface area contributed by atoms with Gasteiger partial charge in [-0.2, -0.15) is 5.10 Å². The Morgan fingerprint density at radius 3 is 2.74 bits per heavy atom. The SMILES string of the molecule is CCCCCCOc1cc(C=NN=C(N)SCc2ccccc2)ccc1F. The van der Waals surface area contributed by atoms with Gasteiger partial charge in [0.05, 0.1) is 12.8 Å². The number of rotatable bonds is 10. The normalized spacial score (nSPS) is 11.9. The van der Waals surface area contributed by atoms with E-state index < -0.39 is 0 Å². The first-order chi connectivity index (χ1) is 13.2. The van der Waals surface area contributed by atoms with Crippen molar-refractivity contribution in [3.8, 4) is 5.75 Å². The first kappa shape index (κ1) is 21.0. The Hall–Kier alpha value is -2.34. The molecule has 0 heterocycles. The van der Waals surface area contributed by atoms with Gasteiger partial charge >= 0.3 is 0 Å². The molecule has 0 bridgehead atoms. The summed E-state index contributed by atoms with van der Waals surface area (Å²) < 4.78 is 19.4. The maximum absolute atomic E-state index is 13.8. The highest BCUT2D eigenvalue weighted by atomic mass is 32.2. The van der Waals surface area contributed by atoms with Gasteiger partial charge in [0, 0.05) is 5.75 Å². The molecular weight excluding hydrogens is 361 g/mol. The van der Waals surface area contributed by atoms with Crippen LogP contribution in [-0.2, 0) is 5.75 Å². The maximum Gasteiger partial charge on any atom is 0.180 e. The summed E-state index contributed by atoms with van der Waals surface area (Å²) in [5.74, 6) is 0.605. The first-order valence-electron chi connectivity index (χ1n) is 9.14. The fraction of sp³-hybridized carbons (Fsp3) is 0.333. The number of ether oxygens (including phenoxy) is 1. The number of thioether (sulfide) groups is 1. The predicted octanol–water partition coefficient (Wildman–Crippen LogP) is 5.37. The summed E-state index contributed by atoms with van der Waals surface area (Å²) in [7, 11) is 0. The molecule has 2 aromatic carbocycles. The number of hydrogen-bond donors (Lipinski definition) is 1. The van der Waals surface area contributed by atoms with Crippen LogP contribution in [0.2, 0.25) is 0 Å². The first-order valence-corrected chi connectivity index (χ1v) is 10.1. The van der Waals surface area contributed by atoms with E-state index in [1.165, 1.54) is 29.8 Å². The van der Waals surface area contributed by atoms with Crippen LogP contribution in [0.15, 0.2) is 58.7 Å². The Balaban J connectivity index is 1.85. The van der Waals surface area contributed by atoms with Crippen LogP contribution in [-0.4, -0.2) is 18.0 Å². The van der Waals surface area contributed by atoms with Gasteiger partial charge in [0.2, 0.25) is 0 Å². The van der Waals surface area contributed by atoms with Gasteiger partial charge in [-0.1, -0.05) is 74.3 Å². The zero-order valence-electron chi connectivity index (χ0n) is 15.6. The van der Waals surface area contributed by atoms with Gasteiger partial charge in [-0.05, 0) is 29.7 Å². The number of nitrogens with two attached hydrogens (primary N) is 1. The van der Waals surface area contributed by atoms with E-state index >= 15 is 0 Å². The van der Waals surface area contributed by atoms with E-state index in [0.29, 0.717) is 17.3 Å². The standard InChI is InChI=1S/C21H26FN3OS/c1-2-3-4-8-13-26-20-14-18(11-12-19(20)22)15-24-25-21(23)27-16-17-9-6-5-7-10-17/h5-7,9-12,14-15H,2-4,8,13,16H2,1H3,(H2,23,25). The molecule has 6 heteroatoms. The largest absolute Gasteiger partial charge is 0.490 e. The van der Waals surface area contributed by atoms with Crippen LogP contribution in [0.3, 0.4) is 0 Å². The van der Waals surface area contributed by atoms with Crippen LogP contribution in [0, 0.1) is 5.82 Å². The zero-order chi connectivity index (χ0) is 19.3. The van der Waals surface area contributed by atoms with Crippen molar-refractivity contribution in [3.05, 3.63) is 65.5 Å². The van der Waals surface area contributed by atoms with Crippen molar-refractivity contribution in [2.24, 2.45) is 15.9 Å². The van der Waals surface area contributed by atoms with Gasteiger partial charge in [-0.25, -0.2) is 4.39 Å². The minimum Gasteiger partial charge on any atom is -0.490 e. The Kier molecular flexibility index (Phi) is 9.41. The van der Waals surface area contributed by atoms with Crippen molar-refractivity contribution in [1.29, 1.82) is 0 Å². The molecule has 0 aliphatic heterocycles. The Morgan fingerprint density at radius 1 is 1.15 bits per heavy atom. The van der Waals surface area contributed by atoms with E-state index in [1.54, 1.807) is 18.3 Å². The van der Waals surface area contributed by atoms with Crippen LogP contribution in [0.25, 0.3) is 0 Å². The lowest BCUT2D eigenvalue weighted by Crippen LogP contribution is -2.06. The lowest BCUT2D eigenvalue weighted by atomic mass is 10.2. The number of nitrogens with zero attached hydrogens (tertiary/aromatic N) is 2. The van der Waals surface area contributed by atoms with Crippen LogP contribution in [0.1, 0.15) is 43.7 Å². The highest BCUT2D eigenvalue weighted by Crippen LogP contribution is 2.19. The third-order valence-electron chi connectivity index (χ3n) is 3.80. The van der Waals surface area contributed by atoms with Crippen LogP contribution < -0.4 is 10.5 Å². The lowest BCUT2D eigenvalue weighted by molar-refractivity contribution is 0.290. The molecule has 2 aromatic rings. The second-order valence-electron chi connectivity index (χ2n) is 6.06. The van der Waals surface area contributed by atoms with E-state index in [0.717, 1.165) is 25.0 Å². The third kappa shape index (κ3) is 8.26. The monoisotopic (exact) mass is 387 g/mol. The van der Waals surface area contributed by atoms with Gasteiger partial charge < -0.3 is 10.5 Å². The number of hydrogen-bond acceptors (Lipinski definition) is 4. The van der Waals surface area contributed by atoms with E-state index in [2.05, 4.69) is 17.1 Å². The minimum absolute atomic E-state index is 0.242. The molecule has 0 aliphatic rings. The summed E-state index contributed by atoms with van der Waals surface area (Å²) in [5.41, 5.74) is 7.74. The van der Waals surface area contributed by atoms with Crippen molar-refractivity contribution in [1.82, 2.24) is 0 Å². The minimum atomic E-state index is -0.371. The summed E-state index contributed by atoms with van der Waals surface area (Å²) in [6.07, 6.45) is 5.88. The predicted molar refractivity (Wildman–Crippen MR) is 113 cm³/mol. The molecule has 0 amide bonds. The van der Waals surface area contributed by atoms with Crippen molar-refractivity contribution in [2.75, 3.05) is 6.61 Å². The smallest absolute Gasteiger partial charge is 0.180 e. The molecule has 0 unspecified atom stereocenters. The topological polar surface area (TPSA) is 60.0 Å². The number of benzene rings is 2. The third-order valence-corrected chi connectivity index (χ3v) is 4.66. The van der Waals surface area contributed by atoms with Gasteiger partial charge in [-0.15, -0.1) is 5.10 Å². The molecule has 4 nitrogen and oxygen atoms in total. The van der Waals surface area contributed by atoms with Crippen molar-refractivity contribution >= 4 is 23.1 Å². The Morgan fingerprint density at radius 2 is 1.96 bits per heavy atom. The van der Waals surface area contributed by atoms with Gasteiger partial charge in [-0.3, -0.25) is 0 Å². The summed E-state index contributed by atoms with van der Waals surface area (Å²) in [4.78, 5) is 0. The molecule has 0 saturated carbocycles. The molecule has 0 fully saturated rings. The second-order valence-corrected chi connectivity index (χ2v) is 7.05. The van der Waals surface area contributed by atoms with E-state index in [4.69, 9.17) is 10.5 Å². The molecular formula is C21H26FN3OS. The number of amidine groups is 1. The molecule has 2 rings (SSSR count). The zero-order valence-corrected chi connectivity index (χ0v) is 16.4. The number of unbranched alkanes of at least 4 members (excludes halogenated alkanes) is 3. The molecule has 144 valence electrons. The van der Waals surface area contributed by atoms with Crippen molar-refractivity contribution < 1.29 is 9.13 Å². The average Bonchev–Trinajstić information content (AvgIpc) is 2.69. The molecule has 27 heavy (non-hydrogen) atoms. The van der Waals surface area contributed by atoms with Gasteiger partial charge in [0.25, 0.3) is 0 Å². The summed E-state index contributed by atoms with van der Waals surface area (Å²) in [6.45, 7) is 2.66. The molecule has 2 N–H and O–H groups in total. The van der Waals surface area contributed by atoms with Crippen LogP contribution >= 0.6 is 11.8 Å². The number of halogens is 1. The Labute approximate surface area is 164 Å². The lowest BCUT2D eigenvalue weighted by Gasteiger charge is -2.07. The molecule has 0 spiro atoms. The van der Waals surface area contributed by atoms with Crippen molar-refractivity contribution in [2.45, 2.75) is 38.4 Å². The Bertz CT molecular complexity index is 750. The fourth-order valence-corrected chi connectivity index (χ4v) is 2.95. The highest BCUT2D eigenvalue weighted by molar-refractivity contribution is 8.13. The van der Waals surface area contributed by atoms with Gasteiger partial charge in [0.15, 0.2) is 16.7 Å². The summed E-state index contributed by atoms with van der Waals surface area (Å²) in [5, 5.41) is 8.34. The molecule has 0 aliphatic carbocycles. The highest BCUT2D eigenvalue weighted by Gasteiger charge is 2.04. The molecule has 0 aromatic heterocycles. The quantitative estimate of drug-likeness (QED) is 0.258. The van der Waals surface area contributed by atoms with Crippen LogP contribution in [0.4, 0.5) is 4.39 Å². The average molecular weight is 388 g/mol. The molecule has 0 saturated heterocycles. The van der Waals surface area contributed by atoms with E-state index in [9.17, 15) is 4.39 Å².